The highest BCUT2D eigenvalue weighted by Gasteiger charge is 2.12. The molecule has 1 heterocycles. The van der Waals surface area contributed by atoms with E-state index in [1.165, 1.54) is 6.26 Å². The van der Waals surface area contributed by atoms with Crippen molar-refractivity contribution >= 4 is 15.8 Å². The summed E-state index contributed by atoms with van der Waals surface area (Å²) in [6, 6.07) is -0.131. The van der Waals surface area contributed by atoms with Gasteiger partial charge in [-0.3, -0.25) is 0 Å². The van der Waals surface area contributed by atoms with Gasteiger partial charge in [-0.1, -0.05) is 6.92 Å². The highest BCUT2D eigenvalue weighted by molar-refractivity contribution is 7.90. The maximum absolute atomic E-state index is 11.1. The molecule has 1 unspecified atom stereocenters. The zero-order valence-corrected chi connectivity index (χ0v) is 10.8. The van der Waals surface area contributed by atoms with Crippen molar-refractivity contribution in [2.24, 2.45) is 0 Å². The maximum atomic E-state index is 11.1. The van der Waals surface area contributed by atoms with Crippen molar-refractivity contribution in [1.82, 2.24) is 9.55 Å². The molecule has 6 heteroatoms. The van der Waals surface area contributed by atoms with Crippen molar-refractivity contribution in [1.29, 1.82) is 0 Å². The molecule has 0 bridgehead atoms. The van der Waals surface area contributed by atoms with Gasteiger partial charge in [-0.2, -0.15) is 0 Å². The summed E-state index contributed by atoms with van der Waals surface area (Å²) in [4.78, 5) is 4.16. The topological polar surface area (TPSA) is 64.0 Å². The molecular weight excluding hydrogens is 226 g/mol. The number of rotatable bonds is 6. The van der Waals surface area contributed by atoms with Gasteiger partial charge in [0.1, 0.15) is 9.84 Å². The smallest absolute Gasteiger partial charge is 0.203 e. The normalized spacial score (nSPS) is 13.7. The molecule has 1 aromatic rings. The van der Waals surface area contributed by atoms with E-state index < -0.39 is 9.84 Å². The molecule has 1 atom stereocenters. The van der Waals surface area contributed by atoms with Crippen molar-refractivity contribution in [3.8, 4) is 0 Å². The number of nitrogens with one attached hydrogen (secondary N) is 1. The fourth-order valence-corrected chi connectivity index (χ4v) is 2.58. The Morgan fingerprint density at radius 2 is 2.25 bits per heavy atom. The van der Waals surface area contributed by atoms with E-state index in [1.54, 1.807) is 6.20 Å². The van der Waals surface area contributed by atoms with Crippen molar-refractivity contribution in [2.45, 2.75) is 32.9 Å². The third-order valence-corrected chi connectivity index (χ3v) is 3.21. The van der Waals surface area contributed by atoms with E-state index in [0.717, 1.165) is 18.9 Å². The molecule has 1 rings (SSSR count). The first-order valence-electron chi connectivity index (χ1n) is 5.37. The molecular formula is C10H19N3O2S. The van der Waals surface area contributed by atoms with Crippen LogP contribution in [0.15, 0.2) is 12.4 Å². The van der Waals surface area contributed by atoms with Gasteiger partial charge in [-0.05, 0) is 13.3 Å². The summed E-state index contributed by atoms with van der Waals surface area (Å²) >= 11 is 0. The van der Waals surface area contributed by atoms with Gasteiger partial charge in [0.05, 0.1) is 5.75 Å². The molecule has 0 fully saturated rings. The maximum Gasteiger partial charge on any atom is 0.203 e. The number of hydrogen-bond donors (Lipinski definition) is 1. The van der Waals surface area contributed by atoms with E-state index in [0.29, 0.717) is 0 Å². The van der Waals surface area contributed by atoms with E-state index in [-0.39, 0.29) is 11.8 Å². The van der Waals surface area contributed by atoms with Crippen LogP contribution in [0, 0.1) is 0 Å². The van der Waals surface area contributed by atoms with Crippen LogP contribution in [0.3, 0.4) is 0 Å². The first-order valence-corrected chi connectivity index (χ1v) is 7.44. The van der Waals surface area contributed by atoms with Gasteiger partial charge in [-0.25, -0.2) is 13.4 Å². The van der Waals surface area contributed by atoms with Gasteiger partial charge < -0.3 is 9.88 Å². The van der Waals surface area contributed by atoms with Gasteiger partial charge in [0, 0.05) is 31.2 Å². The van der Waals surface area contributed by atoms with E-state index >= 15 is 0 Å². The van der Waals surface area contributed by atoms with Crippen molar-refractivity contribution < 1.29 is 8.42 Å². The van der Waals surface area contributed by atoms with Crippen LogP contribution >= 0.6 is 0 Å². The minimum atomic E-state index is -2.95. The highest BCUT2D eigenvalue weighted by Crippen LogP contribution is 2.07. The largest absolute Gasteiger partial charge is 0.352 e. The minimum Gasteiger partial charge on any atom is -0.352 e. The quantitative estimate of drug-likeness (QED) is 0.816. The molecule has 92 valence electrons. The van der Waals surface area contributed by atoms with Crippen LogP contribution in [0.1, 0.15) is 20.3 Å². The van der Waals surface area contributed by atoms with Crippen LogP contribution in [0.5, 0.6) is 0 Å². The Hall–Kier alpha value is -1.04. The molecule has 0 saturated carbocycles. The Kier molecular flexibility index (Phi) is 4.35. The lowest BCUT2D eigenvalue weighted by atomic mass is 10.4. The monoisotopic (exact) mass is 245 g/mol. The molecule has 0 aliphatic carbocycles. The summed E-state index contributed by atoms with van der Waals surface area (Å²) in [6.07, 6.45) is 5.86. The Labute approximate surface area is 96.8 Å². The van der Waals surface area contributed by atoms with Gasteiger partial charge in [0.25, 0.3) is 0 Å². The molecule has 0 amide bonds. The van der Waals surface area contributed by atoms with Gasteiger partial charge in [-0.15, -0.1) is 0 Å². The average Bonchev–Trinajstić information content (AvgIpc) is 2.50. The first kappa shape index (κ1) is 13.0. The minimum absolute atomic E-state index is 0.117. The standard InChI is InChI=1S/C10H19N3O2S/c1-4-6-13-7-5-11-10(13)12-9(2)8-16(3,14)15/h5,7,9H,4,6,8H2,1-3H3,(H,11,12). The number of sulfone groups is 1. The molecule has 0 saturated heterocycles. The number of hydrogen-bond acceptors (Lipinski definition) is 4. The second kappa shape index (κ2) is 5.34. The SMILES string of the molecule is CCCn1ccnc1NC(C)CS(C)(=O)=O. The second-order valence-corrected chi connectivity index (χ2v) is 6.27. The van der Waals surface area contributed by atoms with Crippen LogP contribution in [0.25, 0.3) is 0 Å². The number of aryl methyl sites for hydroxylation is 1. The van der Waals surface area contributed by atoms with E-state index in [9.17, 15) is 8.42 Å². The first-order chi connectivity index (χ1) is 7.42. The predicted molar refractivity (Wildman–Crippen MR) is 65.3 cm³/mol. The zero-order chi connectivity index (χ0) is 12.2. The van der Waals surface area contributed by atoms with E-state index in [1.807, 2.05) is 17.7 Å². The molecule has 5 nitrogen and oxygen atoms in total. The lowest BCUT2D eigenvalue weighted by Crippen LogP contribution is -2.26. The third kappa shape index (κ3) is 4.22. The summed E-state index contributed by atoms with van der Waals surface area (Å²) in [7, 11) is -2.95. The summed E-state index contributed by atoms with van der Waals surface area (Å²) in [6.45, 7) is 4.81. The van der Waals surface area contributed by atoms with Crippen molar-refractivity contribution in [2.75, 3.05) is 17.3 Å². The van der Waals surface area contributed by atoms with Crippen LogP contribution in [-0.4, -0.2) is 36.0 Å². The lowest BCUT2D eigenvalue weighted by molar-refractivity contribution is 0.597. The molecule has 0 aromatic carbocycles. The van der Waals surface area contributed by atoms with Crippen LogP contribution in [0.4, 0.5) is 5.95 Å². The van der Waals surface area contributed by atoms with E-state index in [4.69, 9.17) is 0 Å². The van der Waals surface area contributed by atoms with E-state index in [2.05, 4.69) is 17.2 Å². The molecule has 1 aromatic heterocycles. The molecule has 0 aliphatic rings. The highest BCUT2D eigenvalue weighted by atomic mass is 32.2. The van der Waals surface area contributed by atoms with Crippen LogP contribution < -0.4 is 5.32 Å². The third-order valence-electron chi connectivity index (χ3n) is 2.11. The molecule has 0 aliphatic heterocycles. The van der Waals surface area contributed by atoms with Crippen LogP contribution in [0.2, 0.25) is 0 Å². The average molecular weight is 245 g/mol. The predicted octanol–water partition coefficient (Wildman–Crippen LogP) is 1.14. The van der Waals surface area contributed by atoms with Gasteiger partial charge in [0.15, 0.2) is 0 Å². The van der Waals surface area contributed by atoms with Crippen molar-refractivity contribution in [3.63, 3.8) is 0 Å². The Morgan fingerprint density at radius 1 is 1.56 bits per heavy atom. The number of anilines is 1. The number of imidazole rings is 1. The number of aromatic nitrogens is 2. The van der Waals surface area contributed by atoms with Crippen LogP contribution in [-0.2, 0) is 16.4 Å². The Balaban J connectivity index is 2.62. The lowest BCUT2D eigenvalue weighted by Gasteiger charge is -2.14. The zero-order valence-electron chi connectivity index (χ0n) is 9.97. The van der Waals surface area contributed by atoms with Gasteiger partial charge in [0.2, 0.25) is 5.95 Å². The summed E-state index contributed by atoms with van der Waals surface area (Å²) in [5.74, 6) is 0.851. The summed E-state index contributed by atoms with van der Waals surface area (Å²) in [5.41, 5.74) is 0. The molecule has 0 radical (unpaired) electrons. The fraction of sp³-hybridized carbons (Fsp3) is 0.700. The Morgan fingerprint density at radius 3 is 2.81 bits per heavy atom. The molecule has 16 heavy (non-hydrogen) atoms. The summed E-state index contributed by atoms with van der Waals surface area (Å²) in [5, 5.41) is 3.10. The second-order valence-electron chi connectivity index (χ2n) is 4.08. The van der Waals surface area contributed by atoms with Gasteiger partial charge >= 0.3 is 0 Å². The fourth-order valence-electron chi connectivity index (χ4n) is 1.59. The summed E-state index contributed by atoms with van der Waals surface area (Å²) < 4.78 is 24.2. The number of nitrogens with zero attached hydrogens (tertiary/aromatic N) is 2. The molecule has 1 N–H and O–H groups in total. The Bertz CT molecular complexity index is 425. The molecule has 0 spiro atoms. The van der Waals surface area contributed by atoms with Crippen molar-refractivity contribution in [3.05, 3.63) is 12.4 Å².